The molecule has 3 aromatic carbocycles. The molecule has 2 aliphatic heterocycles. The molecule has 162 valence electrons. The number of fused-ring (bicyclic) bond motifs is 4. The SMILES string of the molecule is COc1ccc2cc(C3=CC4CCC(C3)N4CCOc3cccc4[nH]ccc34)ccc2c1. The maximum Gasteiger partial charge on any atom is 0.128 e. The second-order valence-electron chi connectivity index (χ2n) is 8.90. The summed E-state index contributed by atoms with van der Waals surface area (Å²) in [5.41, 5.74) is 3.97. The Balaban J connectivity index is 1.16. The van der Waals surface area contributed by atoms with E-state index in [0.717, 1.165) is 42.0 Å². The van der Waals surface area contributed by atoms with E-state index >= 15 is 0 Å². The van der Waals surface area contributed by atoms with Gasteiger partial charge in [-0.05, 0) is 77.6 Å². The second-order valence-corrected chi connectivity index (χ2v) is 8.90. The topological polar surface area (TPSA) is 37.5 Å². The van der Waals surface area contributed by atoms with Crippen LogP contribution in [0.25, 0.3) is 27.2 Å². The van der Waals surface area contributed by atoms with Crippen molar-refractivity contribution in [2.45, 2.75) is 31.3 Å². The van der Waals surface area contributed by atoms with Crippen molar-refractivity contribution in [3.63, 3.8) is 0 Å². The minimum absolute atomic E-state index is 0.516. The number of aromatic nitrogens is 1. The number of hydrogen-bond donors (Lipinski definition) is 1. The second kappa shape index (κ2) is 8.03. The molecule has 2 atom stereocenters. The van der Waals surface area contributed by atoms with Gasteiger partial charge >= 0.3 is 0 Å². The molecule has 0 aliphatic carbocycles. The molecule has 1 saturated heterocycles. The molecule has 4 nitrogen and oxygen atoms in total. The summed E-state index contributed by atoms with van der Waals surface area (Å²) in [6.45, 7) is 1.69. The third kappa shape index (κ3) is 3.45. The van der Waals surface area contributed by atoms with E-state index in [-0.39, 0.29) is 0 Å². The molecule has 3 heterocycles. The first-order chi connectivity index (χ1) is 15.8. The van der Waals surface area contributed by atoms with Crippen molar-refractivity contribution in [2.75, 3.05) is 20.3 Å². The zero-order valence-electron chi connectivity index (χ0n) is 18.4. The standard InChI is InChI=1S/C28H28N2O2/c1-31-25-10-7-19-15-20(5-6-21(19)18-25)22-16-23-8-9-24(17-22)30(23)13-14-32-28-4-2-3-27-26(28)11-12-29-27/h2-7,10-12,15-16,18,23-24,29H,8-9,13-14,17H2,1H3. The minimum Gasteiger partial charge on any atom is -0.497 e. The predicted molar refractivity (Wildman–Crippen MR) is 130 cm³/mol. The molecule has 1 aromatic heterocycles. The number of H-pyrrole nitrogens is 1. The van der Waals surface area contributed by atoms with Gasteiger partial charge in [-0.2, -0.15) is 0 Å². The lowest BCUT2D eigenvalue weighted by molar-refractivity contribution is 0.170. The minimum atomic E-state index is 0.516. The number of rotatable bonds is 6. The fourth-order valence-corrected chi connectivity index (χ4v) is 5.47. The van der Waals surface area contributed by atoms with Crippen LogP contribution >= 0.6 is 0 Å². The van der Waals surface area contributed by atoms with Gasteiger partial charge in [-0.25, -0.2) is 0 Å². The molecular formula is C28H28N2O2. The monoisotopic (exact) mass is 424 g/mol. The molecule has 32 heavy (non-hydrogen) atoms. The lowest BCUT2D eigenvalue weighted by Gasteiger charge is -2.34. The van der Waals surface area contributed by atoms with E-state index in [1.165, 1.54) is 34.8 Å². The fraction of sp³-hybridized carbons (Fsp3) is 0.286. The summed E-state index contributed by atoms with van der Waals surface area (Å²) in [7, 11) is 1.72. The van der Waals surface area contributed by atoms with Crippen LogP contribution in [-0.2, 0) is 0 Å². The van der Waals surface area contributed by atoms with Crippen LogP contribution in [0, 0.1) is 0 Å². The van der Waals surface area contributed by atoms with Gasteiger partial charge in [0.15, 0.2) is 0 Å². The van der Waals surface area contributed by atoms with Gasteiger partial charge in [0.1, 0.15) is 18.1 Å². The molecule has 0 saturated carbocycles. The Hall–Kier alpha value is -3.24. The van der Waals surface area contributed by atoms with E-state index in [1.54, 1.807) is 7.11 Å². The zero-order chi connectivity index (χ0) is 21.5. The van der Waals surface area contributed by atoms with Crippen LogP contribution in [0.15, 0.2) is 72.9 Å². The third-order valence-corrected chi connectivity index (χ3v) is 7.12. The largest absolute Gasteiger partial charge is 0.497 e. The van der Waals surface area contributed by atoms with E-state index in [2.05, 4.69) is 64.5 Å². The number of hydrogen-bond acceptors (Lipinski definition) is 3. The number of nitrogens with zero attached hydrogens (tertiary/aromatic N) is 1. The molecule has 2 bridgehead atoms. The molecule has 2 unspecified atom stereocenters. The summed E-state index contributed by atoms with van der Waals surface area (Å²) in [5, 5.41) is 3.65. The van der Waals surface area contributed by atoms with Gasteiger partial charge in [0.25, 0.3) is 0 Å². The van der Waals surface area contributed by atoms with Crippen molar-refractivity contribution < 1.29 is 9.47 Å². The van der Waals surface area contributed by atoms with E-state index in [9.17, 15) is 0 Å². The van der Waals surface area contributed by atoms with Crippen LogP contribution in [0.5, 0.6) is 11.5 Å². The number of methoxy groups -OCH3 is 1. The van der Waals surface area contributed by atoms with Crippen LogP contribution in [-0.4, -0.2) is 42.2 Å². The summed E-state index contributed by atoms with van der Waals surface area (Å²) >= 11 is 0. The molecule has 4 aromatic rings. The Morgan fingerprint density at radius 1 is 1.00 bits per heavy atom. The molecule has 0 radical (unpaired) electrons. The number of nitrogens with one attached hydrogen (secondary N) is 1. The van der Waals surface area contributed by atoms with Gasteiger partial charge in [-0.1, -0.05) is 30.3 Å². The average Bonchev–Trinajstić information content (AvgIpc) is 3.40. The summed E-state index contributed by atoms with van der Waals surface area (Å²) in [6.07, 6.45) is 8.10. The highest BCUT2D eigenvalue weighted by Gasteiger charge is 2.36. The first kappa shape index (κ1) is 19.4. The van der Waals surface area contributed by atoms with Crippen molar-refractivity contribution >= 4 is 27.2 Å². The summed E-state index contributed by atoms with van der Waals surface area (Å²) < 4.78 is 11.6. The summed E-state index contributed by atoms with van der Waals surface area (Å²) in [4.78, 5) is 5.90. The van der Waals surface area contributed by atoms with Gasteiger partial charge in [0.2, 0.25) is 0 Å². The summed E-state index contributed by atoms with van der Waals surface area (Å²) in [5.74, 6) is 1.88. The van der Waals surface area contributed by atoms with Crippen molar-refractivity contribution in [1.29, 1.82) is 0 Å². The molecule has 1 N–H and O–H groups in total. The van der Waals surface area contributed by atoms with E-state index in [0.29, 0.717) is 12.1 Å². The van der Waals surface area contributed by atoms with Crippen molar-refractivity contribution in [3.8, 4) is 11.5 Å². The van der Waals surface area contributed by atoms with Gasteiger partial charge in [-0.15, -0.1) is 0 Å². The maximum atomic E-state index is 6.19. The number of ether oxygens (including phenoxy) is 2. The van der Waals surface area contributed by atoms with Crippen LogP contribution in [0.2, 0.25) is 0 Å². The van der Waals surface area contributed by atoms with E-state index in [1.807, 2.05) is 18.3 Å². The first-order valence-corrected chi connectivity index (χ1v) is 11.5. The highest BCUT2D eigenvalue weighted by Crippen LogP contribution is 2.39. The van der Waals surface area contributed by atoms with Crippen molar-refractivity contribution in [2.24, 2.45) is 0 Å². The smallest absolute Gasteiger partial charge is 0.128 e. The van der Waals surface area contributed by atoms with Crippen LogP contribution in [0.4, 0.5) is 0 Å². The normalized spacial score (nSPS) is 20.6. The zero-order valence-corrected chi connectivity index (χ0v) is 18.4. The van der Waals surface area contributed by atoms with Gasteiger partial charge in [0, 0.05) is 35.7 Å². The van der Waals surface area contributed by atoms with Crippen LogP contribution in [0.1, 0.15) is 24.8 Å². The molecular weight excluding hydrogens is 396 g/mol. The van der Waals surface area contributed by atoms with E-state index in [4.69, 9.17) is 9.47 Å². The van der Waals surface area contributed by atoms with Crippen LogP contribution < -0.4 is 9.47 Å². The van der Waals surface area contributed by atoms with Crippen LogP contribution in [0.3, 0.4) is 0 Å². The lowest BCUT2D eigenvalue weighted by atomic mass is 9.93. The Morgan fingerprint density at radius 2 is 1.91 bits per heavy atom. The maximum absolute atomic E-state index is 6.19. The van der Waals surface area contributed by atoms with Gasteiger partial charge in [-0.3, -0.25) is 4.90 Å². The summed E-state index contributed by atoms with van der Waals surface area (Å²) in [6, 6.07) is 22.5. The Labute approximate surface area is 188 Å². The molecule has 0 amide bonds. The third-order valence-electron chi connectivity index (χ3n) is 7.12. The number of aromatic amines is 1. The average molecular weight is 425 g/mol. The van der Waals surface area contributed by atoms with Gasteiger partial charge in [0.05, 0.1) is 7.11 Å². The lowest BCUT2D eigenvalue weighted by Crippen LogP contribution is -2.40. The molecule has 0 spiro atoms. The predicted octanol–water partition coefficient (Wildman–Crippen LogP) is 6.03. The Bertz CT molecular complexity index is 1310. The molecule has 2 aliphatic rings. The fourth-order valence-electron chi connectivity index (χ4n) is 5.47. The Morgan fingerprint density at radius 3 is 2.81 bits per heavy atom. The quantitative estimate of drug-likeness (QED) is 0.411. The molecule has 6 rings (SSSR count). The first-order valence-electron chi connectivity index (χ1n) is 11.5. The highest BCUT2D eigenvalue weighted by atomic mass is 16.5. The Kier molecular flexibility index (Phi) is 4.88. The van der Waals surface area contributed by atoms with E-state index < -0.39 is 0 Å². The number of benzene rings is 3. The van der Waals surface area contributed by atoms with Gasteiger partial charge < -0.3 is 14.5 Å². The van der Waals surface area contributed by atoms with Crippen molar-refractivity contribution in [3.05, 3.63) is 78.5 Å². The highest BCUT2D eigenvalue weighted by molar-refractivity contribution is 5.88. The molecule has 1 fully saturated rings. The van der Waals surface area contributed by atoms with Crippen molar-refractivity contribution in [1.82, 2.24) is 9.88 Å². The molecule has 4 heteroatoms.